The molecule has 0 radical (unpaired) electrons. The summed E-state index contributed by atoms with van der Waals surface area (Å²) in [5.74, 6) is 0.608. The van der Waals surface area contributed by atoms with Gasteiger partial charge in [0.05, 0.1) is 17.6 Å². The third-order valence-corrected chi connectivity index (χ3v) is 3.10. The van der Waals surface area contributed by atoms with Gasteiger partial charge in [-0.25, -0.2) is 4.98 Å². The first-order valence-electron chi connectivity index (χ1n) is 6.76. The van der Waals surface area contributed by atoms with Gasteiger partial charge in [-0.2, -0.15) is 0 Å². The fourth-order valence-corrected chi connectivity index (χ4v) is 2.06. The summed E-state index contributed by atoms with van der Waals surface area (Å²) >= 11 is 0. The van der Waals surface area contributed by atoms with Crippen molar-refractivity contribution in [1.29, 1.82) is 0 Å². The Labute approximate surface area is 122 Å². The summed E-state index contributed by atoms with van der Waals surface area (Å²) in [5.41, 5.74) is 2.87. The van der Waals surface area contributed by atoms with Gasteiger partial charge in [0.15, 0.2) is 0 Å². The van der Waals surface area contributed by atoms with Crippen molar-refractivity contribution < 1.29 is 4.79 Å². The van der Waals surface area contributed by atoms with Gasteiger partial charge in [-0.05, 0) is 23.8 Å². The van der Waals surface area contributed by atoms with Crippen LogP contribution in [0.2, 0.25) is 0 Å². The standard InChI is InChI=1S/C17H15N3O/c21-17(11-10-13-6-2-1-3-7-13)18-12-16-19-14-8-4-5-9-15(14)20-16/h1-11H,12H2,(H,18,21)(H,19,20)/b11-10+. The van der Waals surface area contributed by atoms with Gasteiger partial charge in [-0.15, -0.1) is 0 Å². The van der Waals surface area contributed by atoms with Crippen molar-refractivity contribution in [3.63, 3.8) is 0 Å². The molecule has 2 aromatic carbocycles. The largest absolute Gasteiger partial charge is 0.345 e. The van der Waals surface area contributed by atoms with Crippen LogP contribution in [0.1, 0.15) is 11.4 Å². The Kier molecular flexibility index (Phi) is 3.78. The molecule has 0 saturated carbocycles. The van der Waals surface area contributed by atoms with Crippen LogP contribution in [-0.2, 0) is 11.3 Å². The lowest BCUT2D eigenvalue weighted by Gasteiger charge is -1.98. The highest BCUT2D eigenvalue weighted by Crippen LogP contribution is 2.09. The van der Waals surface area contributed by atoms with Gasteiger partial charge >= 0.3 is 0 Å². The van der Waals surface area contributed by atoms with E-state index >= 15 is 0 Å². The lowest BCUT2D eigenvalue weighted by molar-refractivity contribution is -0.116. The van der Waals surface area contributed by atoms with Crippen molar-refractivity contribution in [3.05, 3.63) is 72.1 Å². The van der Waals surface area contributed by atoms with Gasteiger partial charge in [0.1, 0.15) is 5.82 Å². The number of benzene rings is 2. The molecule has 2 N–H and O–H groups in total. The molecule has 3 rings (SSSR count). The summed E-state index contributed by atoms with van der Waals surface area (Å²) in [6.07, 6.45) is 3.31. The van der Waals surface area contributed by atoms with Crippen LogP contribution >= 0.6 is 0 Å². The molecule has 0 unspecified atom stereocenters. The molecule has 0 bridgehead atoms. The number of fused-ring (bicyclic) bond motifs is 1. The smallest absolute Gasteiger partial charge is 0.244 e. The number of imidazole rings is 1. The van der Waals surface area contributed by atoms with Crippen LogP contribution in [0, 0.1) is 0 Å². The quantitative estimate of drug-likeness (QED) is 0.720. The molecule has 104 valence electrons. The Balaban J connectivity index is 1.59. The number of carbonyl (C=O) groups excluding carboxylic acids is 1. The summed E-state index contributed by atoms with van der Waals surface area (Å²) in [7, 11) is 0. The molecule has 0 aliphatic carbocycles. The van der Waals surface area contributed by atoms with Gasteiger partial charge in [0, 0.05) is 6.08 Å². The van der Waals surface area contributed by atoms with Crippen LogP contribution in [0.5, 0.6) is 0 Å². The number of hydrogen-bond donors (Lipinski definition) is 2. The van der Waals surface area contributed by atoms with E-state index in [0.717, 1.165) is 22.4 Å². The number of nitrogens with zero attached hydrogens (tertiary/aromatic N) is 1. The lowest BCUT2D eigenvalue weighted by atomic mass is 10.2. The first-order chi connectivity index (χ1) is 10.3. The molecule has 1 amide bonds. The van der Waals surface area contributed by atoms with Crippen LogP contribution in [0.25, 0.3) is 17.1 Å². The number of amides is 1. The van der Waals surface area contributed by atoms with Gasteiger partial charge in [0.25, 0.3) is 0 Å². The normalized spacial score (nSPS) is 11.0. The summed E-state index contributed by atoms with van der Waals surface area (Å²) in [4.78, 5) is 19.3. The molecule has 1 aromatic heterocycles. The predicted octanol–water partition coefficient (Wildman–Crippen LogP) is 2.89. The molecule has 1 heterocycles. The average Bonchev–Trinajstić information content (AvgIpc) is 2.95. The van der Waals surface area contributed by atoms with Gasteiger partial charge < -0.3 is 10.3 Å². The number of rotatable bonds is 4. The number of para-hydroxylation sites is 2. The van der Waals surface area contributed by atoms with Gasteiger partial charge in [-0.3, -0.25) is 4.79 Å². The monoisotopic (exact) mass is 277 g/mol. The summed E-state index contributed by atoms with van der Waals surface area (Å²) in [6.45, 7) is 0.382. The summed E-state index contributed by atoms with van der Waals surface area (Å²) in [6, 6.07) is 17.5. The molecule has 0 aliphatic heterocycles. The fraction of sp³-hybridized carbons (Fsp3) is 0.0588. The Morgan fingerprint density at radius 3 is 2.67 bits per heavy atom. The van der Waals surface area contributed by atoms with Gasteiger partial charge in [0.2, 0.25) is 5.91 Å². The van der Waals surface area contributed by atoms with E-state index in [1.54, 1.807) is 6.08 Å². The van der Waals surface area contributed by atoms with E-state index in [9.17, 15) is 4.79 Å². The molecule has 0 aliphatic rings. The van der Waals surface area contributed by atoms with E-state index < -0.39 is 0 Å². The minimum atomic E-state index is -0.140. The highest BCUT2D eigenvalue weighted by Gasteiger charge is 2.02. The van der Waals surface area contributed by atoms with Crippen LogP contribution in [0.4, 0.5) is 0 Å². The Morgan fingerprint density at radius 1 is 1.10 bits per heavy atom. The number of carbonyl (C=O) groups is 1. The Bertz CT molecular complexity index is 742. The highest BCUT2D eigenvalue weighted by molar-refractivity contribution is 5.91. The number of aromatic amines is 1. The number of H-pyrrole nitrogens is 1. The zero-order chi connectivity index (χ0) is 14.5. The van der Waals surface area contributed by atoms with E-state index in [4.69, 9.17) is 0 Å². The minimum Gasteiger partial charge on any atom is -0.345 e. The van der Waals surface area contributed by atoms with E-state index in [1.807, 2.05) is 54.6 Å². The van der Waals surface area contributed by atoms with Crippen molar-refractivity contribution in [2.45, 2.75) is 6.54 Å². The van der Waals surface area contributed by atoms with Crippen molar-refractivity contribution in [3.8, 4) is 0 Å². The molecule has 0 atom stereocenters. The second kappa shape index (κ2) is 6.05. The number of nitrogens with one attached hydrogen (secondary N) is 2. The maximum Gasteiger partial charge on any atom is 0.244 e. The van der Waals surface area contributed by atoms with Gasteiger partial charge in [-0.1, -0.05) is 42.5 Å². The van der Waals surface area contributed by atoms with E-state index in [2.05, 4.69) is 15.3 Å². The molecule has 0 saturated heterocycles. The Hall–Kier alpha value is -2.88. The molecule has 3 aromatic rings. The van der Waals surface area contributed by atoms with Crippen LogP contribution in [0.3, 0.4) is 0 Å². The Morgan fingerprint density at radius 2 is 1.86 bits per heavy atom. The van der Waals surface area contributed by atoms with Crippen LogP contribution in [-0.4, -0.2) is 15.9 Å². The summed E-state index contributed by atoms with van der Waals surface area (Å²) in [5, 5.41) is 2.81. The average molecular weight is 277 g/mol. The molecule has 4 heteroatoms. The SMILES string of the molecule is O=C(/C=C/c1ccccc1)NCc1nc2ccccc2[nH]1. The first kappa shape index (κ1) is 13.1. The maximum absolute atomic E-state index is 11.8. The van der Waals surface area contributed by atoms with Crippen molar-refractivity contribution in [2.75, 3.05) is 0 Å². The van der Waals surface area contributed by atoms with E-state index in [1.165, 1.54) is 6.08 Å². The fourth-order valence-electron chi connectivity index (χ4n) is 2.06. The summed E-state index contributed by atoms with van der Waals surface area (Å²) < 4.78 is 0. The van der Waals surface area contributed by atoms with E-state index in [-0.39, 0.29) is 5.91 Å². The third-order valence-electron chi connectivity index (χ3n) is 3.10. The maximum atomic E-state index is 11.8. The van der Waals surface area contributed by atoms with Crippen molar-refractivity contribution in [1.82, 2.24) is 15.3 Å². The molecular formula is C17H15N3O. The predicted molar refractivity (Wildman–Crippen MR) is 83.4 cm³/mol. The van der Waals surface area contributed by atoms with Crippen LogP contribution in [0.15, 0.2) is 60.7 Å². The highest BCUT2D eigenvalue weighted by atomic mass is 16.1. The molecule has 0 fully saturated rings. The minimum absolute atomic E-state index is 0.140. The lowest BCUT2D eigenvalue weighted by Crippen LogP contribution is -2.20. The van der Waals surface area contributed by atoms with E-state index in [0.29, 0.717) is 6.54 Å². The second-order valence-corrected chi connectivity index (χ2v) is 4.66. The number of hydrogen-bond acceptors (Lipinski definition) is 2. The zero-order valence-corrected chi connectivity index (χ0v) is 11.4. The van der Waals surface area contributed by atoms with Crippen molar-refractivity contribution in [2.24, 2.45) is 0 Å². The molecule has 0 spiro atoms. The molecular weight excluding hydrogens is 262 g/mol. The first-order valence-corrected chi connectivity index (χ1v) is 6.76. The second-order valence-electron chi connectivity index (χ2n) is 4.66. The molecule has 4 nitrogen and oxygen atoms in total. The van der Waals surface area contributed by atoms with Crippen molar-refractivity contribution >= 4 is 23.0 Å². The topological polar surface area (TPSA) is 57.8 Å². The number of aromatic nitrogens is 2. The molecule has 21 heavy (non-hydrogen) atoms. The zero-order valence-electron chi connectivity index (χ0n) is 11.4. The van der Waals surface area contributed by atoms with Crippen LogP contribution < -0.4 is 5.32 Å². The third kappa shape index (κ3) is 3.36.